The molecule has 1 aliphatic heterocycles. The van der Waals surface area contributed by atoms with Gasteiger partial charge in [-0.05, 0) is 33.1 Å². The molecule has 1 aromatic carbocycles. The zero-order valence-corrected chi connectivity index (χ0v) is 12.9. The van der Waals surface area contributed by atoms with E-state index >= 15 is 0 Å². The van der Waals surface area contributed by atoms with E-state index in [9.17, 15) is 4.79 Å². The maximum absolute atomic E-state index is 12.0. The van der Waals surface area contributed by atoms with Crippen LogP contribution in [0.1, 0.15) is 17.4 Å². The van der Waals surface area contributed by atoms with E-state index in [1.54, 1.807) is 11.8 Å². The van der Waals surface area contributed by atoms with Crippen LogP contribution >= 0.6 is 23.4 Å². The number of thioether (sulfide) groups is 1. The van der Waals surface area contributed by atoms with Crippen molar-refractivity contribution >= 4 is 29.3 Å². The van der Waals surface area contributed by atoms with Gasteiger partial charge in [0, 0.05) is 17.1 Å². The molecule has 0 spiro atoms. The number of halogens is 1. The third kappa shape index (κ3) is 3.65. The summed E-state index contributed by atoms with van der Waals surface area (Å²) >= 11 is 7.91. The zero-order chi connectivity index (χ0) is 13.8. The summed E-state index contributed by atoms with van der Waals surface area (Å²) < 4.78 is 0. The third-order valence-corrected chi connectivity index (χ3v) is 4.73. The van der Waals surface area contributed by atoms with Crippen molar-refractivity contribution in [3.63, 3.8) is 0 Å². The Bertz CT molecular complexity index is 453. The summed E-state index contributed by atoms with van der Waals surface area (Å²) in [4.78, 5) is 16.1. The minimum Gasteiger partial charge on any atom is -0.326 e. The van der Waals surface area contributed by atoms with Crippen molar-refractivity contribution in [3.05, 3.63) is 34.9 Å². The molecular formula is C14H19ClN2OS. The van der Waals surface area contributed by atoms with Crippen LogP contribution in [0.15, 0.2) is 24.3 Å². The molecule has 1 atom stereocenters. The monoisotopic (exact) mass is 298 g/mol. The van der Waals surface area contributed by atoms with Gasteiger partial charge in [-0.1, -0.05) is 29.8 Å². The van der Waals surface area contributed by atoms with Gasteiger partial charge in [-0.25, -0.2) is 0 Å². The molecule has 1 aromatic rings. The van der Waals surface area contributed by atoms with Crippen LogP contribution in [0.4, 0.5) is 0 Å². The Balaban J connectivity index is 2.07. The molecule has 0 N–H and O–H groups in total. The van der Waals surface area contributed by atoms with Crippen molar-refractivity contribution in [2.45, 2.75) is 11.8 Å². The summed E-state index contributed by atoms with van der Waals surface area (Å²) in [6.45, 7) is 1.78. The predicted octanol–water partition coefficient (Wildman–Crippen LogP) is 2.87. The van der Waals surface area contributed by atoms with Crippen LogP contribution < -0.4 is 0 Å². The number of nitrogens with zero attached hydrogens (tertiary/aromatic N) is 2. The van der Waals surface area contributed by atoms with Gasteiger partial charge in [0.1, 0.15) is 5.37 Å². The van der Waals surface area contributed by atoms with Crippen molar-refractivity contribution in [2.75, 3.05) is 32.9 Å². The average Bonchev–Trinajstić information content (AvgIpc) is 2.72. The van der Waals surface area contributed by atoms with Gasteiger partial charge < -0.3 is 9.80 Å². The second kappa shape index (κ2) is 6.64. The maximum atomic E-state index is 12.0. The fourth-order valence-corrected chi connectivity index (χ4v) is 3.74. The van der Waals surface area contributed by atoms with Gasteiger partial charge >= 0.3 is 0 Å². The molecule has 19 heavy (non-hydrogen) atoms. The zero-order valence-electron chi connectivity index (χ0n) is 11.3. The van der Waals surface area contributed by atoms with Crippen LogP contribution in [0.3, 0.4) is 0 Å². The van der Waals surface area contributed by atoms with Crippen LogP contribution in [0, 0.1) is 0 Å². The Hall–Kier alpha value is -0.710. The van der Waals surface area contributed by atoms with Gasteiger partial charge in [0.15, 0.2) is 0 Å². The molecule has 3 nitrogen and oxygen atoms in total. The Kier molecular flexibility index (Phi) is 5.13. The van der Waals surface area contributed by atoms with E-state index < -0.39 is 0 Å². The first kappa shape index (κ1) is 14.7. The lowest BCUT2D eigenvalue weighted by Gasteiger charge is -2.25. The van der Waals surface area contributed by atoms with Crippen molar-refractivity contribution in [2.24, 2.45) is 0 Å². The standard InChI is InChI=1S/C14H19ClN2OS/c1-16(2)8-5-9-17-13(18)10-19-14(17)11-6-3-4-7-12(11)15/h3-4,6-7,14H,5,8-10H2,1-2H3. The molecule has 1 fully saturated rings. The largest absolute Gasteiger partial charge is 0.326 e. The van der Waals surface area contributed by atoms with E-state index in [1.165, 1.54) is 0 Å². The van der Waals surface area contributed by atoms with Crippen LogP contribution in [-0.2, 0) is 4.79 Å². The molecule has 0 saturated carbocycles. The smallest absolute Gasteiger partial charge is 0.233 e. The molecule has 5 heteroatoms. The summed E-state index contributed by atoms with van der Waals surface area (Å²) in [7, 11) is 4.10. The summed E-state index contributed by atoms with van der Waals surface area (Å²) in [6.07, 6.45) is 0.986. The highest BCUT2D eigenvalue weighted by molar-refractivity contribution is 8.00. The lowest BCUT2D eigenvalue weighted by molar-refractivity contribution is -0.128. The lowest BCUT2D eigenvalue weighted by Crippen LogP contribution is -2.31. The van der Waals surface area contributed by atoms with E-state index in [0.29, 0.717) is 5.75 Å². The molecule has 0 bridgehead atoms. The minimum atomic E-state index is 0.0726. The summed E-state index contributed by atoms with van der Waals surface area (Å²) in [5.74, 6) is 0.770. The highest BCUT2D eigenvalue weighted by Gasteiger charge is 2.33. The van der Waals surface area contributed by atoms with E-state index in [0.717, 1.165) is 30.1 Å². The maximum Gasteiger partial charge on any atom is 0.233 e. The number of benzene rings is 1. The Morgan fingerprint density at radius 1 is 1.42 bits per heavy atom. The van der Waals surface area contributed by atoms with Gasteiger partial charge in [-0.15, -0.1) is 11.8 Å². The van der Waals surface area contributed by atoms with Crippen LogP contribution in [-0.4, -0.2) is 48.6 Å². The molecule has 1 heterocycles. The second-order valence-corrected chi connectivity index (χ2v) is 6.40. The normalized spacial score (nSPS) is 19.5. The molecule has 0 aromatic heterocycles. The predicted molar refractivity (Wildman–Crippen MR) is 81.5 cm³/mol. The lowest BCUT2D eigenvalue weighted by atomic mass is 10.2. The van der Waals surface area contributed by atoms with E-state index in [1.807, 2.05) is 43.3 Å². The summed E-state index contributed by atoms with van der Waals surface area (Å²) in [5, 5.41) is 0.815. The van der Waals surface area contributed by atoms with Gasteiger partial charge in [0.2, 0.25) is 5.91 Å². The minimum absolute atomic E-state index is 0.0726. The number of hydrogen-bond acceptors (Lipinski definition) is 3. The number of carbonyl (C=O) groups excluding carboxylic acids is 1. The Labute approximate surface area is 123 Å². The topological polar surface area (TPSA) is 23.6 Å². The van der Waals surface area contributed by atoms with E-state index in [-0.39, 0.29) is 11.3 Å². The van der Waals surface area contributed by atoms with Crippen LogP contribution in [0.5, 0.6) is 0 Å². The van der Waals surface area contributed by atoms with Crippen molar-refractivity contribution in [1.29, 1.82) is 0 Å². The molecule has 1 amide bonds. The van der Waals surface area contributed by atoms with Gasteiger partial charge in [0.05, 0.1) is 5.75 Å². The molecular weight excluding hydrogens is 280 g/mol. The van der Waals surface area contributed by atoms with E-state index in [2.05, 4.69) is 4.90 Å². The quantitative estimate of drug-likeness (QED) is 0.835. The molecule has 104 valence electrons. The summed E-state index contributed by atoms with van der Waals surface area (Å²) in [5.41, 5.74) is 1.05. The molecule has 1 saturated heterocycles. The first-order chi connectivity index (χ1) is 9.09. The SMILES string of the molecule is CN(C)CCCN1C(=O)CSC1c1ccccc1Cl. The average molecular weight is 299 g/mol. The van der Waals surface area contributed by atoms with Crippen molar-refractivity contribution in [1.82, 2.24) is 9.80 Å². The fourth-order valence-electron chi connectivity index (χ4n) is 2.19. The number of carbonyl (C=O) groups is 1. The third-order valence-electron chi connectivity index (χ3n) is 3.14. The first-order valence-corrected chi connectivity index (χ1v) is 7.82. The van der Waals surface area contributed by atoms with Crippen molar-refractivity contribution in [3.8, 4) is 0 Å². The number of rotatable bonds is 5. The summed E-state index contributed by atoms with van der Waals surface area (Å²) in [6, 6.07) is 7.79. The highest BCUT2D eigenvalue weighted by Crippen LogP contribution is 2.41. The van der Waals surface area contributed by atoms with E-state index in [4.69, 9.17) is 11.6 Å². The number of amides is 1. The molecule has 1 aliphatic rings. The van der Waals surface area contributed by atoms with Crippen LogP contribution in [0.25, 0.3) is 0 Å². The first-order valence-electron chi connectivity index (χ1n) is 6.40. The van der Waals surface area contributed by atoms with Crippen LogP contribution in [0.2, 0.25) is 5.02 Å². The Morgan fingerprint density at radius 3 is 2.84 bits per heavy atom. The number of hydrogen-bond donors (Lipinski definition) is 0. The Morgan fingerprint density at radius 2 is 2.16 bits per heavy atom. The second-order valence-electron chi connectivity index (χ2n) is 4.93. The molecule has 1 unspecified atom stereocenters. The molecule has 2 rings (SSSR count). The van der Waals surface area contributed by atoms with Gasteiger partial charge in [0.25, 0.3) is 0 Å². The van der Waals surface area contributed by atoms with Gasteiger partial charge in [-0.3, -0.25) is 4.79 Å². The fraction of sp³-hybridized carbons (Fsp3) is 0.500. The highest BCUT2D eigenvalue weighted by atomic mass is 35.5. The van der Waals surface area contributed by atoms with Crippen molar-refractivity contribution < 1.29 is 4.79 Å². The molecule has 0 radical (unpaired) electrons. The van der Waals surface area contributed by atoms with Gasteiger partial charge in [-0.2, -0.15) is 0 Å². The molecule has 0 aliphatic carbocycles.